The van der Waals surface area contributed by atoms with Gasteiger partial charge >= 0.3 is 0 Å². The number of rotatable bonds is 8. The molecular weight excluding hydrogens is 452 g/mol. The maximum Gasteiger partial charge on any atom is 0.263 e. The van der Waals surface area contributed by atoms with E-state index in [9.17, 15) is 18.0 Å². The maximum atomic E-state index is 12.4. The number of halogens is 1. The number of benzene rings is 2. The van der Waals surface area contributed by atoms with Crippen LogP contribution >= 0.6 is 11.6 Å². The molecule has 0 aliphatic heterocycles. The lowest BCUT2D eigenvalue weighted by molar-refractivity contribution is -0.116. The zero-order chi connectivity index (χ0) is 23.3. The molecule has 0 fully saturated rings. The number of carbonyl (C=O) groups is 2. The van der Waals surface area contributed by atoms with E-state index in [1.54, 1.807) is 6.07 Å². The van der Waals surface area contributed by atoms with Crippen molar-refractivity contribution in [2.75, 3.05) is 10.0 Å². The summed E-state index contributed by atoms with van der Waals surface area (Å²) in [5.41, 5.74) is 3.11. The maximum absolute atomic E-state index is 12.4. The first-order valence-electron chi connectivity index (χ1n) is 9.66. The average Bonchev–Trinajstić information content (AvgIpc) is 2.76. The Hall–Kier alpha value is -3.30. The van der Waals surface area contributed by atoms with Crippen molar-refractivity contribution >= 4 is 44.8 Å². The van der Waals surface area contributed by atoms with Crippen molar-refractivity contribution in [3.8, 4) is 0 Å². The summed E-state index contributed by atoms with van der Waals surface area (Å²) in [6.45, 7) is 3.90. The van der Waals surface area contributed by atoms with Crippen LogP contribution in [0.2, 0.25) is 5.15 Å². The highest BCUT2D eigenvalue weighted by atomic mass is 35.5. The summed E-state index contributed by atoms with van der Waals surface area (Å²) >= 11 is 5.64. The molecule has 166 valence electrons. The second-order valence-corrected chi connectivity index (χ2v) is 9.21. The Morgan fingerprint density at radius 1 is 0.906 bits per heavy atom. The molecule has 0 spiro atoms. The number of aromatic nitrogens is 2. The third kappa shape index (κ3) is 6.12. The highest BCUT2D eigenvalue weighted by Crippen LogP contribution is 2.18. The molecule has 32 heavy (non-hydrogen) atoms. The molecule has 2 aromatic carbocycles. The van der Waals surface area contributed by atoms with Crippen LogP contribution in [0.15, 0.2) is 59.5 Å². The Bertz CT molecular complexity index is 1240. The highest BCUT2D eigenvalue weighted by Gasteiger charge is 2.16. The second kappa shape index (κ2) is 9.88. The van der Waals surface area contributed by atoms with Crippen molar-refractivity contribution in [3.63, 3.8) is 0 Å². The number of hydrogen-bond acceptors (Lipinski definition) is 6. The molecule has 3 rings (SSSR count). The number of Topliss-reactive ketones (excluding diaryl/α,β-unsaturated/α-hetero) is 1. The molecule has 0 saturated heterocycles. The molecule has 1 aromatic heterocycles. The van der Waals surface area contributed by atoms with E-state index in [1.807, 2.05) is 26.0 Å². The summed E-state index contributed by atoms with van der Waals surface area (Å²) in [6.07, 6.45) is 0.0927. The van der Waals surface area contributed by atoms with E-state index >= 15 is 0 Å². The van der Waals surface area contributed by atoms with E-state index in [4.69, 9.17) is 11.6 Å². The van der Waals surface area contributed by atoms with Crippen LogP contribution < -0.4 is 10.0 Å². The summed E-state index contributed by atoms with van der Waals surface area (Å²) in [6, 6.07) is 13.9. The van der Waals surface area contributed by atoms with Crippen LogP contribution in [0, 0.1) is 13.8 Å². The smallest absolute Gasteiger partial charge is 0.263 e. The normalized spacial score (nSPS) is 11.1. The fourth-order valence-corrected chi connectivity index (χ4v) is 3.89. The van der Waals surface area contributed by atoms with Gasteiger partial charge in [0.2, 0.25) is 5.91 Å². The first-order valence-corrected chi connectivity index (χ1v) is 11.5. The summed E-state index contributed by atoms with van der Waals surface area (Å²) < 4.78 is 27.2. The molecule has 0 unspecified atom stereocenters. The van der Waals surface area contributed by atoms with Gasteiger partial charge in [-0.05, 0) is 67.4 Å². The fourth-order valence-electron chi connectivity index (χ4n) is 2.79. The van der Waals surface area contributed by atoms with Crippen LogP contribution in [0.4, 0.5) is 11.5 Å². The van der Waals surface area contributed by atoms with Gasteiger partial charge < -0.3 is 5.32 Å². The molecule has 0 aliphatic carbocycles. The highest BCUT2D eigenvalue weighted by molar-refractivity contribution is 7.92. The molecular formula is C22H21ClN4O4S. The topological polar surface area (TPSA) is 118 Å². The van der Waals surface area contributed by atoms with E-state index in [0.29, 0.717) is 11.3 Å². The van der Waals surface area contributed by atoms with Crippen LogP contribution in [-0.2, 0) is 14.8 Å². The minimum Gasteiger partial charge on any atom is -0.326 e. The van der Waals surface area contributed by atoms with Crippen molar-refractivity contribution in [3.05, 3.63) is 76.4 Å². The van der Waals surface area contributed by atoms with Gasteiger partial charge in [-0.15, -0.1) is 10.2 Å². The fraction of sp³-hybridized carbons (Fsp3) is 0.182. The number of hydrogen-bond donors (Lipinski definition) is 2. The first kappa shape index (κ1) is 23.4. The van der Waals surface area contributed by atoms with Crippen molar-refractivity contribution in [1.29, 1.82) is 0 Å². The first-order chi connectivity index (χ1) is 15.1. The molecule has 10 heteroatoms. The lowest BCUT2D eigenvalue weighted by Crippen LogP contribution is -2.15. The lowest BCUT2D eigenvalue weighted by atomic mass is 10.0. The summed E-state index contributed by atoms with van der Waals surface area (Å²) in [5, 5.41) is 10.0. The van der Waals surface area contributed by atoms with Gasteiger partial charge in [0, 0.05) is 24.1 Å². The Morgan fingerprint density at radius 2 is 1.62 bits per heavy atom. The van der Waals surface area contributed by atoms with Crippen molar-refractivity contribution < 1.29 is 18.0 Å². The Balaban J connectivity index is 1.56. The predicted molar refractivity (Wildman–Crippen MR) is 122 cm³/mol. The molecule has 2 N–H and O–H groups in total. The Labute approximate surface area is 191 Å². The monoisotopic (exact) mass is 472 g/mol. The molecule has 1 amide bonds. The van der Waals surface area contributed by atoms with Crippen LogP contribution in [0.25, 0.3) is 0 Å². The van der Waals surface area contributed by atoms with Crippen molar-refractivity contribution in [2.45, 2.75) is 31.6 Å². The van der Waals surface area contributed by atoms with Crippen molar-refractivity contribution in [1.82, 2.24) is 10.2 Å². The third-order valence-electron chi connectivity index (χ3n) is 4.73. The lowest BCUT2D eigenvalue weighted by Gasteiger charge is -2.09. The SMILES string of the molecule is Cc1ccc(C(=O)CCC(=O)Nc2ccc(S(=O)(=O)Nc3ccc(Cl)nn3)cc2)cc1C. The van der Waals surface area contributed by atoms with Gasteiger partial charge in [0.25, 0.3) is 10.0 Å². The molecule has 3 aromatic rings. The van der Waals surface area contributed by atoms with Gasteiger partial charge in [-0.25, -0.2) is 8.42 Å². The molecule has 0 atom stereocenters. The number of ketones is 1. The zero-order valence-corrected chi connectivity index (χ0v) is 19.0. The Kier molecular flexibility index (Phi) is 7.22. The largest absolute Gasteiger partial charge is 0.326 e. The van der Waals surface area contributed by atoms with Crippen LogP contribution in [0.3, 0.4) is 0 Å². The third-order valence-corrected chi connectivity index (χ3v) is 6.30. The second-order valence-electron chi connectivity index (χ2n) is 7.14. The van der Waals surface area contributed by atoms with Gasteiger partial charge in [-0.3, -0.25) is 14.3 Å². The van der Waals surface area contributed by atoms with Gasteiger partial charge in [-0.1, -0.05) is 23.7 Å². The molecule has 0 radical (unpaired) electrons. The number of carbonyl (C=O) groups excluding carboxylic acids is 2. The number of nitrogens with zero attached hydrogens (tertiary/aromatic N) is 2. The van der Waals surface area contributed by atoms with Crippen LogP contribution in [-0.4, -0.2) is 30.3 Å². The van der Waals surface area contributed by atoms with E-state index in [1.165, 1.54) is 36.4 Å². The van der Waals surface area contributed by atoms with E-state index in [-0.39, 0.29) is 40.4 Å². The minimum atomic E-state index is -3.88. The van der Waals surface area contributed by atoms with Gasteiger partial charge in [0.1, 0.15) is 0 Å². The summed E-state index contributed by atoms with van der Waals surface area (Å²) in [4.78, 5) is 24.5. The van der Waals surface area contributed by atoms with Crippen LogP contribution in [0.5, 0.6) is 0 Å². The zero-order valence-electron chi connectivity index (χ0n) is 17.4. The molecule has 0 bridgehead atoms. The van der Waals surface area contributed by atoms with Crippen molar-refractivity contribution in [2.24, 2.45) is 0 Å². The quantitative estimate of drug-likeness (QED) is 0.475. The number of sulfonamides is 1. The molecule has 0 saturated carbocycles. The Morgan fingerprint density at radius 3 is 2.25 bits per heavy atom. The predicted octanol–water partition coefficient (Wildman–Crippen LogP) is 4.15. The van der Waals surface area contributed by atoms with Gasteiger partial charge in [0.15, 0.2) is 16.8 Å². The molecule has 1 heterocycles. The van der Waals surface area contributed by atoms with Gasteiger partial charge in [0.05, 0.1) is 4.90 Å². The number of anilines is 2. The average molecular weight is 473 g/mol. The van der Waals surface area contributed by atoms with Gasteiger partial charge in [-0.2, -0.15) is 0 Å². The standard InChI is InChI=1S/C22H21ClN4O4S/c1-14-3-4-16(13-15(14)2)19(28)9-12-22(29)24-17-5-7-18(8-6-17)32(30,31)27-21-11-10-20(23)25-26-21/h3-8,10-11,13H,9,12H2,1-2H3,(H,24,29)(H,26,27). The van der Waals surface area contributed by atoms with E-state index < -0.39 is 10.0 Å². The summed E-state index contributed by atoms with van der Waals surface area (Å²) in [7, 11) is -3.88. The van der Waals surface area contributed by atoms with E-state index in [0.717, 1.165) is 11.1 Å². The van der Waals surface area contributed by atoms with E-state index in [2.05, 4.69) is 20.2 Å². The molecule has 0 aliphatic rings. The minimum absolute atomic E-state index is 0.0165. The number of amides is 1. The van der Waals surface area contributed by atoms with Crippen LogP contribution in [0.1, 0.15) is 34.3 Å². The number of aryl methyl sites for hydroxylation is 2. The number of nitrogens with one attached hydrogen (secondary N) is 2. The summed E-state index contributed by atoms with van der Waals surface area (Å²) in [5.74, 6) is -0.423. The molecule has 8 nitrogen and oxygen atoms in total.